The van der Waals surface area contributed by atoms with Crippen LogP contribution in [-0.4, -0.2) is 4.57 Å². The lowest BCUT2D eigenvalue weighted by molar-refractivity contribution is 0.660. The normalized spacial score (nSPS) is 13.1. The average Bonchev–Trinajstić information content (AvgIpc) is 3.69. The Hall–Kier alpha value is -6.90. The van der Waals surface area contributed by atoms with Crippen LogP contribution < -0.4 is 4.90 Å². The summed E-state index contributed by atoms with van der Waals surface area (Å²) in [6.45, 7) is 4.74. The van der Waals surface area contributed by atoms with E-state index in [0.717, 1.165) is 22.7 Å². The molecule has 2 heteroatoms. The number of nitrogens with zero attached hydrogens (tertiary/aromatic N) is 2. The molecule has 0 N–H and O–H groups in total. The summed E-state index contributed by atoms with van der Waals surface area (Å²) >= 11 is 0. The van der Waals surface area contributed by atoms with E-state index in [9.17, 15) is 0 Å². The van der Waals surface area contributed by atoms with Crippen molar-refractivity contribution in [2.24, 2.45) is 0 Å². The molecule has 55 heavy (non-hydrogen) atoms. The van der Waals surface area contributed by atoms with Crippen molar-refractivity contribution < 1.29 is 0 Å². The Morgan fingerprint density at radius 1 is 0.418 bits per heavy atom. The largest absolute Gasteiger partial charge is 0.309 e. The maximum atomic E-state index is 2.52. The molecular formula is C53H38N2. The molecule has 0 aliphatic heterocycles. The number of rotatable bonds is 5. The average molecular weight is 703 g/mol. The Balaban J connectivity index is 1.25. The van der Waals surface area contributed by atoms with Gasteiger partial charge in [0.25, 0.3) is 0 Å². The van der Waals surface area contributed by atoms with Gasteiger partial charge in [-0.15, -0.1) is 0 Å². The van der Waals surface area contributed by atoms with Gasteiger partial charge in [0.05, 0.1) is 22.4 Å². The fourth-order valence-electron chi connectivity index (χ4n) is 9.36. The van der Waals surface area contributed by atoms with Crippen LogP contribution in [0.15, 0.2) is 194 Å². The van der Waals surface area contributed by atoms with Gasteiger partial charge >= 0.3 is 0 Å². The zero-order valence-electron chi connectivity index (χ0n) is 30.9. The molecule has 0 saturated heterocycles. The number of anilines is 3. The monoisotopic (exact) mass is 702 g/mol. The molecule has 0 bridgehead atoms. The highest BCUT2D eigenvalue weighted by atomic mass is 15.1. The second-order valence-electron chi connectivity index (χ2n) is 15.3. The summed E-state index contributed by atoms with van der Waals surface area (Å²) in [4.78, 5) is 2.52. The first-order valence-electron chi connectivity index (χ1n) is 19.2. The van der Waals surface area contributed by atoms with Crippen molar-refractivity contribution in [2.45, 2.75) is 19.3 Å². The molecule has 1 aromatic heterocycles. The Morgan fingerprint density at radius 2 is 1.07 bits per heavy atom. The van der Waals surface area contributed by atoms with Crippen molar-refractivity contribution in [2.75, 3.05) is 4.90 Å². The van der Waals surface area contributed by atoms with Crippen molar-refractivity contribution in [3.8, 4) is 27.9 Å². The maximum Gasteiger partial charge on any atom is 0.0568 e. The molecule has 260 valence electrons. The minimum atomic E-state index is -0.138. The number of benzene rings is 9. The minimum Gasteiger partial charge on any atom is -0.309 e. The van der Waals surface area contributed by atoms with E-state index in [1.807, 2.05) is 0 Å². The van der Waals surface area contributed by atoms with Crippen LogP contribution in [-0.2, 0) is 5.41 Å². The summed E-state index contributed by atoms with van der Waals surface area (Å²) in [7, 11) is 0. The highest BCUT2D eigenvalue weighted by Gasteiger charge is 2.36. The van der Waals surface area contributed by atoms with Gasteiger partial charge in [0.2, 0.25) is 0 Å². The number of hydrogen-bond acceptors (Lipinski definition) is 1. The minimum absolute atomic E-state index is 0.138. The summed E-state index contributed by atoms with van der Waals surface area (Å²) in [6, 6.07) is 71.5. The van der Waals surface area contributed by atoms with Crippen LogP contribution in [0.4, 0.5) is 17.1 Å². The smallest absolute Gasteiger partial charge is 0.0568 e. The van der Waals surface area contributed by atoms with E-state index in [0.29, 0.717) is 0 Å². The van der Waals surface area contributed by atoms with Gasteiger partial charge in [-0.05, 0) is 86.4 Å². The van der Waals surface area contributed by atoms with E-state index < -0.39 is 0 Å². The van der Waals surface area contributed by atoms with E-state index in [1.54, 1.807) is 0 Å². The Bertz CT molecular complexity index is 3130. The zero-order chi connectivity index (χ0) is 36.7. The lowest BCUT2D eigenvalue weighted by Gasteiger charge is -2.31. The van der Waals surface area contributed by atoms with Gasteiger partial charge in [-0.2, -0.15) is 0 Å². The fraction of sp³-hybridized carbons (Fsp3) is 0.0566. The van der Waals surface area contributed by atoms with Crippen LogP contribution in [0.3, 0.4) is 0 Å². The van der Waals surface area contributed by atoms with Gasteiger partial charge in [0.1, 0.15) is 0 Å². The van der Waals surface area contributed by atoms with Gasteiger partial charge in [0, 0.05) is 38.5 Å². The molecule has 0 spiro atoms. The van der Waals surface area contributed by atoms with Gasteiger partial charge in [-0.25, -0.2) is 0 Å². The number of aromatic nitrogens is 1. The molecular weight excluding hydrogens is 665 g/mol. The first kappa shape index (κ1) is 31.6. The summed E-state index contributed by atoms with van der Waals surface area (Å²) in [5, 5.41) is 7.44. The van der Waals surface area contributed by atoms with Gasteiger partial charge in [-0.3, -0.25) is 0 Å². The van der Waals surface area contributed by atoms with Gasteiger partial charge in [-0.1, -0.05) is 166 Å². The highest BCUT2D eigenvalue weighted by molar-refractivity contribution is 6.25. The molecule has 1 aliphatic rings. The molecule has 11 rings (SSSR count). The number of fused-ring (bicyclic) bond motifs is 9. The van der Waals surface area contributed by atoms with Crippen LogP contribution in [0, 0.1) is 0 Å². The summed E-state index contributed by atoms with van der Waals surface area (Å²) in [5.41, 5.74) is 14.6. The quantitative estimate of drug-likeness (QED) is 0.173. The van der Waals surface area contributed by atoms with Crippen LogP contribution in [0.1, 0.15) is 25.0 Å². The topological polar surface area (TPSA) is 8.17 Å². The maximum absolute atomic E-state index is 2.52. The predicted molar refractivity (Wildman–Crippen MR) is 233 cm³/mol. The molecule has 0 fully saturated rings. The van der Waals surface area contributed by atoms with Gasteiger partial charge < -0.3 is 9.47 Å². The van der Waals surface area contributed by atoms with E-state index >= 15 is 0 Å². The SMILES string of the molecule is CC1(C)c2ccccc2-c2ccc(N(c3ccccc3-c3ccccc3)c3cc4c(c5ccccc35)c3ccccc3n4-c3ccc4ccccc4c3)cc21. The molecule has 10 aromatic rings. The molecule has 2 nitrogen and oxygen atoms in total. The standard InChI is InChI=1S/C53H38N2/c1-53(2)46-25-13-10-21-41(46)42-31-30-39(33-47(42)53)54(48-26-14-11-20-40(48)36-17-4-3-5-18-36)50-34-51-52(44-23-9-8-22-43(44)50)45-24-12-15-27-49(45)55(51)38-29-28-35-16-6-7-19-37(35)32-38/h3-34H,1-2H3. The number of hydrogen-bond donors (Lipinski definition) is 0. The molecule has 9 aromatic carbocycles. The first-order valence-corrected chi connectivity index (χ1v) is 19.2. The molecule has 1 heterocycles. The summed E-state index contributed by atoms with van der Waals surface area (Å²) < 4.78 is 2.47. The third-order valence-electron chi connectivity index (χ3n) is 11.9. The van der Waals surface area contributed by atoms with E-state index in [4.69, 9.17) is 0 Å². The molecule has 0 radical (unpaired) electrons. The molecule has 0 amide bonds. The zero-order valence-corrected chi connectivity index (χ0v) is 30.9. The summed E-state index contributed by atoms with van der Waals surface area (Å²) in [6.07, 6.45) is 0. The van der Waals surface area contributed by atoms with Crippen LogP contribution >= 0.6 is 0 Å². The number of para-hydroxylation sites is 2. The van der Waals surface area contributed by atoms with Crippen molar-refractivity contribution in [3.05, 3.63) is 205 Å². The Kier molecular flexibility index (Phi) is 6.93. The van der Waals surface area contributed by atoms with E-state index in [1.165, 1.54) is 76.7 Å². The first-order chi connectivity index (χ1) is 27.1. The second-order valence-corrected chi connectivity index (χ2v) is 15.3. The predicted octanol–water partition coefficient (Wildman–Crippen LogP) is 14.5. The Labute approximate surface area is 321 Å². The lowest BCUT2D eigenvalue weighted by atomic mass is 9.82. The molecule has 0 atom stereocenters. The second kappa shape index (κ2) is 12.1. The van der Waals surface area contributed by atoms with Crippen LogP contribution in [0.2, 0.25) is 0 Å². The fourth-order valence-corrected chi connectivity index (χ4v) is 9.36. The van der Waals surface area contributed by atoms with Crippen LogP contribution in [0.25, 0.3) is 71.3 Å². The molecule has 0 saturated carbocycles. The van der Waals surface area contributed by atoms with Crippen molar-refractivity contribution >= 4 is 60.4 Å². The Morgan fingerprint density at radius 3 is 1.93 bits per heavy atom. The molecule has 0 unspecified atom stereocenters. The third kappa shape index (κ3) is 4.74. The third-order valence-corrected chi connectivity index (χ3v) is 11.9. The van der Waals surface area contributed by atoms with Crippen molar-refractivity contribution in [1.82, 2.24) is 4.57 Å². The van der Waals surface area contributed by atoms with Gasteiger partial charge in [0.15, 0.2) is 0 Å². The van der Waals surface area contributed by atoms with E-state index in [2.05, 4.69) is 217 Å². The highest BCUT2D eigenvalue weighted by Crippen LogP contribution is 2.52. The lowest BCUT2D eigenvalue weighted by Crippen LogP contribution is -2.17. The van der Waals surface area contributed by atoms with Crippen molar-refractivity contribution in [1.29, 1.82) is 0 Å². The summed E-state index contributed by atoms with van der Waals surface area (Å²) in [5.74, 6) is 0. The molecule has 1 aliphatic carbocycles. The van der Waals surface area contributed by atoms with E-state index in [-0.39, 0.29) is 5.41 Å². The van der Waals surface area contributed by atoms with Crippen LogP contribution in [0.5, 0.6) is 0 Å². The van der Waals surface area contributed by atoms with Crippen molar-refractivity contribution in [3.63, 3.8) is 0 Å².